The van der Waals surface area contributed by atoms with Gasteiger partial charge in [-0.25, -0.2) is 4.79 Å². The van der Waals surface area contributed by atoms with Crippen LogP contribution in [0.1, 0.15) is 22.5 Å². The highest BCUT2D eigenvalue weighted by atomic mass is 16.5. The molecule has 14 heavy (non-hydrogen) atoms. The zero-order chi connectivity index (χ0) is 10.6. The molecule has 0 unspecified atom stereocenters. The molecule has 0 fully saturated rings. The number of ether oxygens (including phenoxy) is 1. The van der Waals surface area contributed by atoms with E-state index in [0.29, 0.717) is 18.4 Å². The van der Waals surface area contributed by atoms with Gasteiger partial charge in [0, 0.05) is 19.9 Å². The fraction of sp³-hybridized carbons (Fsp3) is 0.400. The Morgan fingerprint density at radius 1 is 1.79 bits per heavy atom. The fourth-order valence-electron chi connectivity index (χ4n) is 1.23. The topological polar surface area (TPSA) is 44.1 Å². The van der Waals surface area contributed by atoms with Gasteiger partial charge in [0.2, 0.25) is 0 Å². The van der Waals surface area contributed by atoms with Crippen LogP contribution in [0.3, 0.4) is 0 Å². The molecule has 0 amide bonds. The van der Waals surface area contributed by atoms with Gasteiger partial charge in [-0.3, -0.25) is 4.68 Å². The lowest BCUT2D eigenvalue weighted by atomic mass is 10.1. The molecule has 0 bridgehead atoms. The van der Waals surface area contributed by atoms with E-state index in [1.165, 1.54) is 13.3 Å². The van der Waals surface area contributed by atoms with Crippen molar-refractivity contribution in [1.29, 1.82) is 0 Å². The summed E-state index contributed by atoms with van der Waals surface area (Å²) in [4.78, 5) is 11.3. The minimum atomic E-state index is -0.370. The van der Waals surface area contributed by atoms with Crippen LogP contribution >= 0.6 is 0 Å². The molecule has 4 heteroatoms. The minimum absolute atomic E-state index is 0.370. The summed E-state index contributed by atoms with van der Waals surface area (Å²) in [5.74, 6) is 2.15. The number of rotatable bonds is 3. The first-order valence-corrected chi connectivity index (χ1v) is 4.23. The van der Waals surface area contributed by atoms with Crippen molar-refractivity contribution in [2.45, 2.75) is 12.8 Å². The molecule has 0 atom stereocenters. The standard InChI is InChI=1S/C10H12N2O2/c1-4-5-6-9-8(10(13)14-3)7-11-12(9)2/h1,7H,5-6H2,2-3H3. The molecule has 1 heterocycles. The zero-order valence-electron chi connectivity index (χ0n) is 8.28. The number of methoxy groups -OCH3 is 1. The van der Waals surface area contributed by atoms with Gasteiger partial charge in [-0.1, -0.05) is 0 Å². The molecular formula is C10H12N2O2. The molecule has 0 saturated heterocycles. The molecule has 0 saturated carbocycles. The zero-order valence-corrected chi connectivity index (χ0v) is 8.28. The van der Waals surface area contributed by atoms with Crippen LogP contribution in [0.25, 0.3) is 0 Å². The molecule has 0 N–H and O–H groups in total. The lowest BCUT2D eigenvalue weighted by Gasteiger charge is -2.02. The van der Waals surface area contributed by atoms with Crippen molar-refractivity contribution >= 4 is 5.97 Å². The number of esters is 1. The van der Waals surface area contributed by atoms with Gasteiger partial charge < -0.3 is 4.74 Å². The number of carbonyl (C=O) groups is 1. The molecular weight excluding hydrogens is 180 g/mol. The largest absolute Gasteiger partial charge is 0.465 e. The van der Waals surface area contributed by atoms with Crippen molar-refractivity contribution in [1.82, 2.24) is 9.78 Å². The summed E-state index contributed by atoms with van der Waals surface area (Å²) in [6, 6.07) is 0. The van der Waals surface area contributed by atoms with E-state index in [9.17, 15) is 4.79 Å². The van der Waals surface area contributed by atoms with Gasteiger partial charge in [-0.15, -0.1) is 12.3 Å². The van der Waals surface area contributed by atoms with Crippen molar-refractivity contribution in [2.75, 3.05) is 7.11 Å². The summed E-state index contributed by atoms with van der Waals surface area (Å²) in [5, 5.41) is 3.99. The average molecular weight is 192 g/mol. The van der Waals surface area contributed by atoms with E-state index in [0.717, 1.165) is 5.69 Å². The highest BCUT2D eigenvalue weighted by molar-refractivity contribution is 5.90. The molecule has 0 spiro atoms. The maximum absolute atomic E-state index is 11.3. The number of carbonyl (C=O) groups excluding carboxylic acids is 1. The highest BCUT2D eigenvalue weighted by Crippen LogP contribution is 2.10. The van der Waals surface area contributed by atoms with Crippen LogP contribution in [-0.4, -0.2) is 22.9 Å². The molecule has 1 aromatic rings. The first-order chi connectivity index (χ1) is 6.70. The Balaban J connectivity index is 2.95. The molecule has 1 aromatic heterocycles. The third-order valence-electron chi connectivity index (χ3n) is 1.97. The Hall–Kier alpha value is -1.76. The number of nitrogens with zero attached hydrogens (tertiary/aromatic N) is 2. The van der Waals surface area contributed by atoms with E-state index in [4.69, 9.17) is 6.42 Å². The smallest absolute Gasteiger partial charge is 0.341 e. The quantitative estimate of drug-likeness (QED) is 0.525. The van der Waals surface area contributed by atoms with Crippen LogP contribution in [-0.2, 0) is 18.2 Å². The third kappa shape index (κ3) is 1.94. The molecule has 1 rings (SSSR count). The van der Waals surface area contributed by atoms with Gasteiger partial charge in [-0.05, 0) is 0 Å². The van der Waals surface area contributed by atoms with Gasteiger partial charge in [-0.2, -0.15) is 5.10 Å². The molecule has 74 valence electrons. The summed E-state index contributed by atoms with van der Waals surface area (Å²) in [6.45, 7) is 0. The highest BCUT2D eigenvalue weighted by Gasteiger charge is 2.15. The van der Waals surface area contributed by atoms with E-state index >= 15 is 0 Å². The average Bonchev–Trinajstić information content (AvgIpc) is 2.56. The lowest BCUT2D eigenvalue weighted by Crippen LogP contribution is -2.06. The maximum Gasteiger partial charge on any atom is 0.341 e. The minimum Gasteiger partial charge on any atom is -0.465 e. The molecule has 4 nitrogen and oxygen atoms in total. The van der Waals surface area contributed by atoms with Crippen molar-refractivity contribution < 1.29 is 9.53 Å². The van der Waals surface area contributed by atoms with Gasteiger partial charge >= 0.3 is 5.97 Å². The van der Waals surface area contributed by atoms with E-state index in [-0.39, 0.29) is 5.97 Å². The summed E-state index contributed by atoms with van der Waals surface area (Å²) < 4.78 is 6.27. The van der Waals surface area contributed by atoms with Crippen molar-refractivity contribution in [3.63, 3.8) is 0 Å². The van der Waals surface area contributed by atoms with Crippen molar-refractivity contribution in [3.8, 4) is 12.3 Å². The Bertz CT molecular complexity index is 374. The SMILES string of the molecule is C#CCCc1c(C(=O)OC)cnn1C. The maximum atomic E-state index is 11.3. The van der Waals surface area contributed by atoms with Crippen molar-refractivity contribution in [2.24, 2.45) is 7.05 Å². The Kier molecular flexibility index (Phi) is 3.29. The van der Waals surface area contributed by atoms with Crippen LogP contribution < -0.4 is 0 Å². The Labute approximate surface area is 82.9 Å². The molecule has 0 aromatic carbocycles. The van der Waals surface area contributed by atoms with E-state index in [2.05, 4.69) is 15.8 Å². The van der Waals surface area contributed by atoms with E-state index in [1.54, 1.807) is 11.7 Å². The number of aryl methyl sites for hydroxylation is 1. The predicted molar refractivity (Wildman–Crippen MR) is 51.7 cm³/mol. The second-order valence-corrected chi connectivity index (χ2v) is 2.82. The van der Waals surface area contributed by atoms with E-state index in [1.807, 2.05) is 0 Å². The second-order valence-electron chi connectivity index (χ2n) is 2.82. The Morgan fingerprint density at radius 2 is 2.50 bits per heavy atom. The first kappa shape index (κ1) is 10.3. The lowest BCUT2D eigenvalue weighted by molar-refractivity contribution is 0.0599. The van der Waals surface area contributed by atoms with Gasteiger partial charge in [0.25, 0.3) is 0 Å². The Morgan fingerprint density at radius 3 is 3.07 bits per heavy atom. The van der Waals surface area contributed by atoms with E-state index < -0.39 is 0 Å². The molecule has 0 aliphatic carbocycles. The normalized spacial score (nSPS) is 9.50. The van der Waals surface area contributed by atoms with Crippen LogP contribution in [0, 0.1) is 12.3 Å². The van der Waals surface area contributed by atoms with Crippen molar-refractivity contribution in [3.05, 3.63) is 17.5 Å². The number of hydrogen-bond acceptors (Lipinski definition) is 3. The van der Waals surface area contributed by atoms with Gasteiger partial charge in [0.1, 0.15) is 5.56 Å². The summed E-state index contributed by atoms with van der Waals surface area (Å²) >= 11 is 0. The van der Waals surface area contributed by atoms with Gasteiger partial charge in [0.05, 0.1) is 19.0 Å². The summed E-state index contributed by atoms with van der Waals surface area (Å²) in [6.07, 6.45) is 7.88. The molecule has 0 radical (unpaired) electrons. The second kappa shape index (κ2) is 4.47. The third-order valence-corrected chi connectivity index (χ3v) is 1.97. The fourth-order valence-corrected chi connectivity index (χ4v) is 1.23. The van der Waals surface area contributed by atoms with Crippen LogP contribution in [0.5, 0.6) is 0 Å². The first-order valence-electron chi connectivity index (χ1n) is 4.23. The van der Waals surface area contributed by atoms with Gasteiger partial charge in [0.15, 0.2) is 0 Å². The number of hydrogen-bond donors (Lipinski definition) is 0. The molecule has 0 aliphatic heterocycles. The van der Waals surface area contributed by atoms with Crippen LogP contribution in [0.2, 0.25) is 0 Å². The molecule has 0 aliphatic rings. The summed E-state index contributed by atoms with van der Waals surface area (Å²) in [7, 11) is 3.12. The number of aromatic nitrogens is 2. The van der Waals surface area contributed by atoms with Crippen LogP contribution in [0.15, 0.2) is 6.20 Å². The number of terminal acetylenes is 1. The monoisotopic (exact) mass is 192 g/mol. The predicted octanol–water partition coefficient (Wildman–Crippen LogP) is 0.772. The summed E-state index contributed by atoms with van der Waals surface area (Å²) in [5.41, 5.74) is 1.31. The van der Waals surface area contributed by atoms with Crippen LogP contribution in [0.4, 0.5) is 0 Å².